The molecule has 0 atom stereocenters. The van der Waals surface area contributed by atoms with E-state index in [1.807, 2.05) is 6.08 Å². The number of allylic oxidation sites excluding steroid dienone is 4. The molecule has 0 aromatic heterocycles. The molecule has 0 rings (SSSR count). The van der Waals surface area contributed by atoms with Crippen LogP contribution < -0.4 is 0 Å². The second-order valence-corrected chi connectivity index (χ2v) is 3.87. The van der Waals surface area contributed by atoms with Crippen LogP contribution in [0.5, 0.6) is 0 Å². The highest BCUT2D eigenvalue weighted by Crippen LogP contribution is 2.16. The third kappa shape index (κ3) is 8.28. The molecule has 0 heterocycles. The van der Waals surface area contributed by atoms with Gasteiger partial charge in [-0.15, -0.1) is 18.7 Å². The van der Waals surface area contributed by atoms with Gasteiger partial charge in [-0.25, -0.2) is 0 Å². The van der Waals surface area contributed by atoms with Crippen LogP contribution >= 0.6 is 0 Å². The SMILES string of the molecule is C=CCC(=CCC(=C)C[CH-]C[CH2+])C[CH-]C[CH2+]. The third-order valence-electron chi connectivity index (χ3n) is 2.33. The average Bonchev–Trinajstić information content (AvgIpc) is 2.30. The fraction of sp³-hybridized carbons (Fsp3) is 0.375. The minimum Gasteiger partial charge on any atom is -0.281 e. The van der Waals surface area contributed by atoms with Crippen molar-refractivity contribution in [1.82, 2.24) is 0 Å². The van der Waals surface area contributed by atoms with Gasteiger partial charge >= 0.3 is 0 Å². The largest absolute Gasteiger partial charge is 0.281 e. The zero-order valence-corrected chi connectivity index (χ0v) is 10.4. The van der Waals surface area contributed by atoms with E-state index in [0.717, 1.165) is 38.5 Å². The highest BCUT2D eigenvalue weighted by molar-refractivity contribution is 5.14. The predicted molar refractivity (Wildman–Crippen MR) is 74.4 cm³/mol. The van der Waals surface area contributed by atoms with E-state index < -0.39 is 0 Å². The Morgan fingerprint density at radius 1 is 1.06 bits per heavy atom. The first-order valence-electron chi connectivity index (χ1n) is 5.91. The molecule has 0 aliphatic heterocycles. The summed E-state index contributed by atoms with van der Waals surface area (Å²) in [6, 6.07) is 0. The lowest BCUT2D eigenvalue weighted by Gasteiger charge is -2.12. The fourth-order valence-corrected chi connectivity index (χ4v) is 1.40. The van der Waals surface area contributed by atoms with Crippen LogP contribution in [0, 0.1) is 26.7 Å². The van der Waals surface area contributed by atoms with Crippen molar-refractivity contribution in [2.75, 3.05) is 0 Å². The summed E-state index contributed by atoms with van der Waals surface area (Å²) in [4.78, 5) is 0. The maximum Gasteiger partial charge on any atom is 0.0304 e. The lowest BCUT2D eigenvalue weighted by Crippen LogP contribution is -1.86. The van der Waals surface area contributed by atoms with Gasteiger partial charge in [0.2, 0.25) is 0 Å². The van der Waals surface area contributed by atoms with Crippen LogP contribution in [0.1, 0.15) is 38.5 Å². The van der Waals surface area contributed by atoms with Crippen molar-refractivity contribution in [2.45, 2.75) is 38.5 Å². The van der Waals surface area contributed by atoms with Crippen LogP contribution in [-0.4, -0.2) is 0 Å². The number of unbranched alkanes of at least 4 members (excludes halogenated alkanes) is 2. The molecule has 0 aromatic rings. The fourth-order valence-electron chi connectivity index (χ4n) is 1.40. The van der Waals surface area contributed by atoms with E-state index in [4.69, 9.17) is 0 Å². The molecule has 0 aliphatic carbocycles. The summed E-state index contributed by atoms with van der Waals surface area (Å²) < 4.78 is 0. The lowest BCUT2D eigenvalue weighted by molar-refractivity contribution is 0.956. The van der Waals surface area contributed by atoms with Crippen molar-refractivity contribution in [1.29, 1.82) is 0 Å². The van der Waals surface area contributed by atoms with Gasteiger partial charge in [0.05, 0.1) is 0 Å². The first-order chi connectivity index (χ1) is 7.74. The van der Waals surface area contributed by atoms with E-state index >= 15 is 0 Å². The monoisotopic (exact) mass is 216 g/mol. The van der Waals surface area contributed by atoms with Crippen LogP contribution in [0.3, 0.4) is 0 Å². The Bertz CT molecular complexity index is 220. The Morgan fingerprint density at radius 2 is 1.69 bits per heavy atom. The van der Waals surface area contributed by atoms with Gasteiger partial charge in [-0.3, -0.25) is 12.8 Å². The molecule has 0 aromatic carbocycles. The quantitative estimate of drug-likeness (QED) is 0.353. The summed E-state index contributed by atoms with van der Waals surface area (Å²) in [7, 11) is 0. The summed E-state index contributed by atoms with van der Waals surface area (Å²) in [5, 5.41) is 0. The summed E-state index contributed by atoms with van der Waals surface area (Å²) in [6.45, 7) is 15.4. The Balaban J connectivity index is 3.99. The molecule has 0 heteroatoms. The Morgan fingerprint density at radius 3 is 2.25 bits per heavy atom. The Kier molecular flexibility index (Phi) is 9.80. The van der Waals surface area contributed by atoms with Crippen molar-refractivity contribution < 1.29 is 0 Å². The van der Waals surface area contributed by atoms with Gasteiger partial charge in [0.1, 0.15) is 0 Å². The molecule has 0 bridgehead atoms. The van der Waals surface area contributed by atoms with Gasteiger partial charge < -0.3 is 0 Å². The van der Waals surface area contributed by atoms with Gasteiger partial charge in [-0.05, 0) is 25.7 Å². The molecule has 0 spiro atoms. The molecule has 0 unspecified atom stereocenters. The minimum absolute atomic E-state index is 0.873. The number of hydrogen-bond acceptors (Lipinski definition) is 0. The molecule has 16 heavy (non-hydrogen) atoms. The number of hydrogen-bond donors (Lipinski definition) is 0. The lowest BCUT2D eigenvalue weighted by atomic mass is 10.0. The predicted octanol–water partition coefficient (Wildman–Crippen LogP) is 5.07. The molecule has 0 amide bonds. The second-order valence-electron chi connectivity index (χ2n) is 3.87. The molecule has 0 saturated carbocycles. The van der Waals surface area contributed by atoms with E-state index in [1.165, 1.54) is 11.1 Å². The average molecular weight is 216 g/mol. The van der Waals surface area contributed by atoms with E-state index in [0.29, 0.717) is 0 Å². The third-order valence-corrected chi connectivity index (χ3v) is 2.33. The van der Waals surface area contributed by atoms with Gasteiger partial charge in [0, 0.05) is 13.8 Å². The van der Waals surface area contributed by atoms with Gasteiger partial charge in [-0.1, -0.05) is 17.7 Å². The summed E-state index contributed by atoms with van der Waals surface area (Å²) in [5.74, 6) is 0. The normalized spacial score (nSPS) is 11.4. The molecule has 0 aliphatic rings. The van der Waals surface area contributed by atoms with Crippen LogP contribution in [0.15, 0.2) is 36.5 Å². The summed E-state index contributed by atoms with van der Waals surface area (Å²) in [5.41, 5.74) is 2.66. The van der Waals surface area contributed by atoms with E-state index in [2.05, 4.69) is 45.9 Å². The van der Waals surface area contributed by atoms with Crippen LogP contribution in [0.25, 0.3) is 0 Å². The summed E-state index contributed by atoms with van der Waals surface area (Å²) in [6.07, 6.45) is 14.2. The highest BCUT2D eigenvalue weighted by Gasteiger charge is 1.91. The van der Waals surface area contributed by atoms with Crippen LogP contribution in [0.4, 0.5) is 0 Å². The summed E-state index contributed by atoms with van der Waals surface area (Å²) >= 11 is 0. The Labute approximate surface area is 102 Å². The van der Waals surface area contributed by atoms with Gasteiger partial charge in [-0.2, -0.15) is 12.8 Å². The van der Waals surface area contributed by atoms with Gasteiger partial charge in [0.15, 0.2) is 0 Å². The van der Waals surface area contributed by atoms with E-state index in [9.17, 15) is 0 Å². The minimum atomic E-state index is 0.873. The van der Waals surface area contributed by atoms with Crippen molar-refractivity contribution in [3.05, 3.63) is 63.1 Å². The standard InChI is InChI=1S/C16H24/c1-5-8-11-15(4)13-14-16(10-7-3)12-9-6-2/h7-9,14H,1-6,10-13H2. The van der Waals surface area contributed by atoms with Crippen LogP contribution in [-0.2, 0) is 0 Å². The van der Waals surface area contributed by atoms with Crippen LogP contribution in [0.2, 0.25) is 0 Å². The van der Waals surface area contributed by atoms with Gasteiger partial charge in [0.25, 0.3) is 0 Å². The second kappa shape index (κ2) is 10.5. The van der Waals surface area contributed by atoms with Crippen molar-refractivity contribution in [2.24, 2.45) is 0 Å². The van der Waals surface area contributed by atoms with E-state index in [1.54, 1.807) is 0 Å². The molecular formula is C16H24. The first-order valence-corrected chi connectivity index (χ1v) is 5.91. The molecular weight excluding hydrogens is 192 g/mol. The maximum atomic E-state index is 4.05. The molecule has 0 saturated heterocycles. The highest BCUT2D eigenvalue weighted by atomic mass is 14.0. The van der Waals surface area contributed by atoms with Crippen molar-refractivity contribution in [3.8, 4) is 0 Å². The molecule has 88 valence electrons. The Hall–Kier alpha value is -1.04. The molecule has 0 radical (unpaired) electrons. The van der Waals surface area contributed by atoms with Crippen molar-refractivity contribution >= 4 is 0 Å². The molecule has 0 N–H and O–H groups in total. The first kappa shape index (κ1) is 15.0. The van der Waals surface area contributed by atoms with E-state index in [-0.39, 0.29) is 0 Å². The molecule has 0 nitrogen and oxygen atoms in total. The number of rotatable bonds is 10. The maximum absolute atomic E-state index is 4.05. The zero-order valence-electron chi connectivity index (χ0n) is 10.4. The van der Waals surface area contributed by atoms with Crippen molar-refractivity contribution in [3.63, 3.8) is 0 Å². The molecule has 0 fully saturated rings. The topological polar surface area (TPSA) is 0 Å². The smallest absolute Gasteiger partial charge is 0.0304 e. The zero-order chi connectivity index (χ0) is 12.2.